The summed E-state index contributed by atoms with van der Waals surface area (Å²) in [7, 11) is 0. The Morgan fingerprint density at radius 2 is 2.25 bits per heavy atom. The molecule has 5 heteroatoms. The van der Waals surface area contributed by atoms with Gasteiger partial charge in [0.05, 0.1) is 10.9 Å². The van der Waals surface area contributed by atoms with Crippen molar-refractivity contribution in [2.24, 2.45) is 0 Å². The molecule has 0 atom stereocenters. The standard InChI is InChI=1S/C11H11BrN2OS/c12-5-10(15)14-11-8(6-13)7-3-1-2-4-9(7)16-11/h1-5H2,(H,14,15). The van der Waals surface area contributed by atoms with Crippen LogP contribution in [0.15, 0.2) is 0 Å². The van der Waals surface area contributed by atoms with E-state index in [9.17, 15) is 4.79 Å². The summed E-state index contributed by atoms with van der Waals surface area (Å²) in [6.07, 6.45) is 4.34. The molecule has 0 unspecified atom stereocenters. The quantitative estimate of drug-likeness (QED) is 0.854. The van der Waals surface area contributed by atoms with Crippen molar-refractivity contribution in [2.75, 3.05) is 10.6 Å². The third kappa shape index (κ3) is 2.13. The fourth-order valence-corrected chi connectivity index (χ4v) is 3.33. The summed E-state index contributed by atoms with van der Waals surface area (Å²) in [5, 5.41) is 12.9. The first-order valence-corrected chi connectivity index (χ1v) is 7.10. The summed E-state index contributed by atoms with van der Waals surface area (Å²) in [5.74, 6) is -0.102. The maximum absolute atomic E-state index is 11.3. The molecule has 1 aliphatic carbocycles. The molecule has 0 radical (unpaired) electrons. The van der Waals surface area contributed by atoms with Gasteiger partial charge in [-0.25, -0.2) is 0 Å². The molecule has 1 heterocycles. The van der Waals surface area contributed by atoms with Crippen LogP contribution in [0.5, 0.6) is 0 Å². The van der Waals surface area contributed by atoms with Crippen molar-refractivity contribution in [3.8, 4) is 6.07 Å². The number of carbonyl (C=O) groups is 1. The smallest absolute Gasteiger partial charge is 0.235 e. The van der Waals surface area contributed by atoms with E-state index in [1.54, 1.807) is 11.3 Å². The van der Waals surface area contributed by atoms with Crippen LogP contribution in [-0.2, 0) is 17.6 Å². The Balaban J connectivity index is 2.35. The van der Waals surface area contributed by atoms with Gasteiger partial charge >= 0.3 is 0 Å². The predicted octanol–water partition coefficient (Wildman–Crippen LogP) is 2.83. The SMILES string of the molecule is N#Cc1c(NC(=O)CBr)sc2c1CCCC2. The van der Waals surface area contributed by atoms with Gasteiger partial charge in [-0.15, -0.1) is 11.3 Å². The van der Waals surface area contributed by atoms with E-state index in [0.29, 0.717) is 5.56 Å². The molecule has 0 aliphatic heterocycles. The number of anilines is 1. The molecule has 0 fully saturated rings. The molecule has 1 aromatic rings. The molecule has 0 aromatic carbocycles. The summed E-state index contributed by atoms with van der Waals surface area (Å²) in [5.41, 5.74) is 1.83. The molecule has 1 N–H and O–H groups in total. The molecule has 3 nitrogen and oxygen atoms in total. The monoisotopic (exact) mass is 298 g/mol. The number of fused-ring (bicyclic) bond motifs is 1. The topological polar surface area (TPSA) is 52.9 Å². The van der Waals surface area contributed by atoms with Gasteiger partial charge in [0.1, 0.15) is 11.1 Å². The highest BCUT2D eigenvalue weighted by Crippen LogP contribution is 2.37. The first-order valence-electron chi connectivity index (χ1n) is 5.16. The van der Waals surface area contributed by atoms with Crippen LogP contribution in [0, 0.1) is 11.3 Å². The van der Waals surface area contributed by atoms with Crippen molar-refractivity contribution in [1.29, 1.82) is 5.26 Å². The lowest BCUT2D eigenvalue weighted by atomic mass is 9.96. The van der Waals surface area contributed by atoms with Crippen LogP contribution in [0.25, 0.3) is 0 Å². The number of hydrogen-bond acceptors (Lipinski definition) is 3. The van der Waals surface area contributed by atoms with Crippen molar-refractivity contribution in [3.63, 3.8) is 0 Å². The zero-order chi connectivity index (χ0) is 11.5. The number of hydrogen-bond donors (Lipinski definition) is 1. The van der Waals surface area contributed by atoms with Crippen molar-refractivity contribution < 1.29 is 4.79 Å². The molecule has 0 saturated heterocycles. The van der Waals surface area contributed by atoms with Gasteiger partial charge in [-0.05, 0) is 31.2 Å². The second-order valence-corrected chi connectivity index (χ2v) is 5.37. The number of nitrogens with zero attached hydrogens (tertiary/aromatic N) is 1. The normalized spacial score (nSPS) is 14.0. The Morgan fingerprint density at radius 3 is 2.94 bits per heavy atom. The zero-order valence-electron chi connectivity index (χ0n) is 8.68. The molecule has 1 aromatic heterocycles. The van der Waals surface area contributed by atoms with E-state index in [1.807, 2.05) is 0 Å². The van der Waals surface area contributed by atoms with Crippen molar-refractivity contribution in [1.82, 2.24) is 0 Å². The average molecular weight is 299 g/mol. The lowest BCUT2D eigenvalue weighted by Gasteiger charge is -2.09. The van der Waals surface area contributed by atoms with Gasteiger partial charge in [0.15, 0.2) is 0 Å². The number of nitrogens with one attached hydrogen (secondary N) is 1. The van der Waals surface area contributed by atoms with Crippen LogP contribution in [0.4, 0.5) is 5.00 Å². The highest BCUT2D eigenvalue weighted by molar-refractivity contribution is 9.09. The first-order chi connectivity index (χ1) is 7.76. The summed E-state index contributed by atoms with van der Waals surface area (Å²) < 4.78 is 0. The molecule has 0 spiro atoms. The Hall–Kier alpha value is -0.860. The molecule has 1 aliphatic rings. The minimum Gasteiger partial charge on any atom is -0.316 e. The highest BCUT2D eigenvalue weighted by Gasteiger charge is 2.21. The number of rotatable bonds is 2. The van der Waals surface area contributed by atoms with Crippen LogP contribution < -0.4 is 5.32 Å². The van der Waals surface area contributed by atoms with E-state index in [1.165, 1.54) is 11.3 Å². The van der Waals surface area contributed by atoms with E-state index in [0.717, 1.165) is 29.8 Å². The van der Waals surface area contributed by atoms with E-state index < -0.39 is 0 Å². The summed E-state index contributed by atoms with van der Waals surface area (Å²) in [6.45, 7) is 0. The van der Waals surface area contributed by atoms with E-state index in [2.05, 4.69) is 27.3 Å². The molecule has 1 amide bonds. The summed E-state index contributed by atoms with van der Waals surface area (Å²) in [6, 6.07) is 2.21. The molecular formula is C11H11BrN2OS. The number of alkyl halides is 1. The second kappa shape index (κ2) is 4.98. The van der Waals surface area contributed by atoms with Crippen molar-refractivity contribution in [2.45, 2.75) is 25.7 Å². The number of amides is 1. The van der Waals surface area contributed by atoms with E-state index in [-0.39, 0.29) is 11.2 Å². The van der Waals surface area contributed by atoms with Crippen molar-refractivity contribution in [3.05, 3.63) is 16.0 Å². The summed E-state index contributed by atoms with van der Waals surface area (Å²) in [4.78, 5) is 12.6. The van der Waals surface area contributed by atoms with Crippen LogP contribution in [0.1, 0.15) is 28.8 Å². The minimum atomic E-state index is -0.102. The van der Waals surface area contributed by atoms with Gasteiger partial charge < -0.3 is 5.32 Å². The van der Waals surface area contributed by atoms with Crippen LogP contribution in [0.2, 0.25) is 0 Å². The molecule has 0 saturated carbocycles. The highest BCUT2D eigenvalue weighted by atomic mass is 79.9. The first kappa shape index (κ1) is 11.6. The average Bonchev–Trinajstić information content (AvgIpc) is 2.65. The molecule has 84 valence electrons. The minimum absolute atomic E-state index is 0.102. The lowest BCUT2D eigenvalue weighted by molar-refractivity contribution is -0.113. The Morgan fingerprint density at radius 1 is 1.50 bits per heavy atom. The number of aryl methyl sites for hydroxylation is 1. The van der Waals surface area contributed by atoms with E-state index in [4.69, 9.17) is 5.26 Å². The number of thiophene rings is 1. The maximum atomic E-state index is 11.3. The van der Waals surface area contributed by atoms with E-state index >= 15 is 0 Å². The fourth-order valence-electron chi connectivity index (χ4n) is 1.93. The largest absolute Gasteiger partial charge is 0.316 e. The zero-order valence-corrected chi connectivity index (χ0v) is 11.1. The maximum Gasteiger partial charge on any atom is 0.235 e. The van der Waals surface area contributed by atoms with Crippen LogP contribution >= 0.6 is 27.3 Å². The molecule has 0 bridgehead atoms. The van der Waals surface area contributed by atoms with Crippen LogP contribution in [0.3, 0.4) is 0 Å². The van der Waals surface area contributed by atoms with Crippen molar-refractivity contribution >= 4 is 38.2 Å². The molecule has 2 rings (SSSR count). The fraction of sp³-hybridized carbons (Fsp3) is 0.455. The number of nitriles is 1. The van der Waals surface area contributed by atoms with Gasteiger partial charge in [0.2, 0.25) is 5.91 Å². The number of carbonyl (C=O) groups excluding carboxylic acids is 1. The van der Waals surface area contributed by atoms with Gasteiger partial charge in [-0.1, -0.05) is 15.9 Å². The predicted molar refractivity (Wildman–Crippen MR) is 68.1 cm³/mol. The van der Waals surface area contributed by atoms with Crippen LogP contribution in [-0.4, -0.2) is 11.2 Å². The van der Waals surface area contributed by atoms with Gasteiger partial charge in [-0.2, -0.15) is 5.26 Å². The number of halogens is 1. The second-order valence-electron chi connectivity index (χ2n) is 3.71. The molecule has 16 heavy (non-hydrogen) atoms. The molecular weight excluding hydrogens is 288 g/mol. The third-order valence-electron chi connectivity index (χ3n) is 2.66. The third-order valence-corrected chi connectivity index (χ3v) is 4.37. The lowest BCUT2D eigenvalue weighted by Crippen LogP contribution is -2.12. The Kier molecular flexibility index (Phi) is 3.62. The van der Waals surface area contributed by atoms with Gasteiger partial charge in [0, 0.05) is 4.88 Å². The summed E-state index contributed by atoms with van der Waals surface area (Å²) >= 11 is 4.66. The Bertz CT molecular complexity index is 461. The van der Waals surface area contributed by atoms with Gasteiger partial charge in [0.25, 0.3) is 0 Å². The Labute approximate surface area is 107 Å². The van der Waals surface area contributed by atoms with Gasteiger partial charge in [-0.3, -0.25) is 4.79 Å².